The zero-order valence-corrected chi connectivity index (χ0v) is 10.5. The summed E-state index contributed by atoms with van der Waals surface area (Å²) >= 11 is 12.2. The van der Waals surface area contributed by atoms with Gasteiger partial charge in [0.15, 0.2) is 0 Å². The first-order valence-electron chi connectivity index (χ1n) is 5.09. The van der Waals surface area contributed by atoms with Crippen molar-refractivity contribution in [2.75, 3.05) is 5.32 Å². The number of rotatable bonds is 0. The summed E-state index contributed by atoms with van der Waals surface area (Å²) in [6.45, 7) is 2.34. The van der Waals surface area contributed by atoms with Gasteiger partial charge in [-0.1, -0.05) is 23.2 Å². The fraction of sp³-hybridized carbons (Fsp3) is 0.182. The first-order valence-corrected chi connectivity index (χ1v) is 5.84. The van der Waals surface area contributed by atoms with Crippen molar-refractivity contribution in [3.8, 4) is 11.6 Å². The van der Waals surface area contributed by atoms with Crippen molar-refractivity contribution in [1.82, 2.24) is 9.55 Å². The number of hydrogen-bond acceptors (Lipinski definition) is 3. The normalized spacial score (nSPS) is 12.9. The molecule has 1 aliphatic rings. The lowest BCUT2D eigenvalue weighted by Gasteiger charge is -2.22. The summed E-state index contributed by atoms with van der Waals surface area (Å²) in [6.07, 6.45) is 0. The van der Waals surface area contributed by atoms with Crippen LogP contribution >= 0.6 is 23.2 Å². The summed E-state index contributed by atoms with van der Waals surface area (Å²) < 4.78 is 1.83. The van der Waals surface area contributed by atoms with Gasteiger partial charge in [0.25, 0.3) is 0 Å². The van der Waals surface area contributed by atoms with E-state index in [1.807, 2.05) is 10.6 Å². The highest BCUT2D eigenvalue weighted by atomic mass is 35.5. The Balaban J connectivity index is 2.33. The Bertz CT molecular complexity index is 622. The number of anilines is 1. The van der Waals surface area contributed by atoms with Gasteiger partial charge in [-0.2, -0.15) is 4.98 Å². The molecule has 0 amide bonds. The largest absolute Gasteiger partial charge is 0.492 e. The minimum atomic E-state index is 0.0198. The summed E-state index contributed by atoms with van der Waals surface area (Å²) in [4.78, 5) is 4.03. The van der Waals surface area contributed by atoms with Crippen LogP contribution in [0.1, 0.15) is 11.3 Å². The van der Waals surface area contributed by atoms with Gasteiger partial charge < -0.3 is 10.4 Å². The second kappa shape index (κ2) is 3.55. The third kappa shape index (κ3) is 1.41. The molecule has 1 aromatic carbocycles. The van der Waals surface area contributed by atoms with Crippen LogP contribution in [0.15, 0.2) is 12.1 Å². The summed E-state index contributed by atoms with van der Waals surface area (Å²) in [6, 6.07) is 3.62. The summed E-state index contributed by atoms with van der Waals surface area (Å²) in [5, 5.41) is 13.8. The first kappa shape index (κ1) is 10.7. The maximum absolute atomic E-state index is 9.63. The minimum absolute atomic E-state index is 0.0198. The molecule has 0 bridgehead atoms. The van der Waals surface area contributed by atoms with E-state index in [1.54, 1.807) is 13.0 Å². The van der Waals surface area contributed by atoms with Crippen LogP contribution in [0.2, 0.25) is 10.0 Å². The van der Waals surface area contributed by atoms with Crippen molar-refractivity contribution >= 4 is 29.2 Å². The third-order valence-corrected chi connectivity index (χ3v) is 3.76. The Morgan fingerprint density at radius 1 is 1.41 bits per heavy atom. The molecule has 1 aliphatic heterocycles. The van der Waals surface area contributed by atoms with Crippen LogP contribution in [0.3, 0.4) is 0 Å². The van der Waals surface area contributed by atoms with E-state index in [0.717, 1.165) is 11.3 Å². The molecule has 1 aromatic heterocycles. The van der Waals surface area contributed by atoms with Crippen LogP contribution in [0.4, 0.5) is 5.95 Å². The number of nitrogens with zero attached hydrogens (tertiary/aromatic N) is 2. The molecule has 0 aliphatic carbocycles. The van der Waals surface area contributed by atoms with Gasteiger partial charge in [-0.15, -0.1) is 0 Å². The number of hydrogen-bond donors (Lipinski definition) is 2. The molecule has 2 aromatic rings. The molecule has 6 heteroatoms. The lowest BCUT2D eigenvalue weighted by Crippen LogP contribution is -2.16. The van der Waals surface area contributed by atoms with Crippen LogP contribution in [0, 0.1) is 6.92 Å². The van der Waals surface area contributed by atoms with Crippen molar-refractivity contribution in [2.45, 2.75) is 13.5 Å². The summed E-state index contributed by atoms with van der Waals surface area (Å²) in [5.41, 5.74) is 2.48. The molecular formula is C11H9Cl2N3O. The van der Waals surface area contributed by atoms with Crippen LogP contribution < -0.4 is 5.32 Å². The van der Waals surface area contributed by atoms with Gasteiger partial charge in [0.05, 0.1) is 21.4 Å². The average Bonchev–Trinajstić information content (AvgIpc) is 2.60. The first-order chi connectivity index (χ1) is 8.09. The Hall–Kier alpha value is -1.39. The van der Waals surface area contributed by atoms with Gasteiger partial charge in [-0.25, -0.2) is 0 Å². The standard InChI is InChI=1S/C11H9Cl2N3O/c1-5-10(17)15-11-14-4-6-8(16(5)11)3-2-7(12)9(6)13/h2-3,17H,4H2,1H3,(H,14,15). The van der Waals surface area contributed by atoms with Crippen molar-refractivity contribution in [3.63, 3.8) is 0 Å². The smallest absolute Gasteiger partial charge is 0.234 e. The van der Waals surface area contributed by atoms with Crippen LogP contribution in [0.5, 0.6) is 5.88 Å². The molecule has 0 spiro atoms. The minimum Gasteiger partial charge on any atom is -0.492 e. The maximum Gasteiger partial charge on any atom is 0.234 e. The molecule has 0 unspecified atom stereocenters. The topological polar surface area (TPSA) is 50.1 Å². The lowest BCUT2D eigenvalue weighted by molar-refractivity contribution is 0.452. The van der Waals surface area contributed by atoms with E-state index in [-0.39, 0.29) is 5.88 Å². The van der Waals surface area contributed by atoms with Gasteiger partial charge in [0.1, 0.15) is 0 Å². The molecule has 0 saturated heterocycles. The van der Waals surface area contributed by atoms with E-state index in [4.69, 9.17) is 23.2 Å². The fourth-order valence-corrected chi connectivity index (χ4v) is 2.43. The molecule has 17 heavy (non-hydrogen) atoms. The number of benzene rings is 1. The Kier molecular flexibility index (Phi) is 2.24. The monoisotopic (exact) mass is 269 g/mol. The zero-order chi connectivity index (χ0) is 12.2. The number of nitrogens with one attached hydrogen (secondary N) is 1. The van der Waals surface area contributed by atoms with Crippen molar-refractivity contribution in [1.29, 1.82) is 0 Å². The average molecular weight is 270 g/mol. The quantitative estimate of drug-likeness (QED) is 0.773. The third-order valence-electron chi connectivity index (χ3n) is 2.92. The molecule has 2 N–H and O–H groups in total. The fourth-order valence-electron chi connectivity index (χ4n) is 2.03. The van der Waals surface area contributed by atoms with Crippen molar-refractivity contribution in [2.24, 2.45) is 0 Å². The predicted octanol–water partition coefficient (Wildman–Crippen LogP) is 3.12. The molecule has 2 heterocycles. The van der Waals surface area contributed by atoms with Crippen molar-refractivity contribution in [3.05, 3.63) is 33.4 Å². The highest BCUT2D eigenvalue weighted by Crippen LogP contribution is 2.37. The predicted molar refractivity (Wildman–Crippen MR) is 67.3 cm³/mol. The second-order valence-corrected chi connectivity index (χ2v) is 4.68. The molecule has 0 atom stereocenters. The molecule has 0 fully saturated rings. The Labute approximate surface area is 108 Å². The molecule has 4 nitrogen and oxygen atoms in total. The van der Waals surface area contributed by atoms with E-state index in [2.05, 4.69) is 10.3 Å². The molecule has 88 valence electrons. The highest BCUT2D eigenvalue weighted by Gasteiger charge is 2.23. The Morgan fingerprint density at radius 2 is 2.18 bits per heavy atom. The van der Waals surface area contributed by atoms with Crippen LogP contribution in [-0.4, -0.2) is 14.7 Å². The van der Waals surface area contributed by atoms with Gasteiger partial charge in [0.2, 0.25) is 11.8 Å². The van der Waals surface area contributed by atoms with Gasteiger partial charge >= 0.3 is 0 Å². The highest BCUT2D eigenvalue weighted by molar-refractivity contribution is 6.42. The summed E-state index contributed by atoms with van der Waals surface area (Å²) in [7, 11) is 0. The van der Waals surface area contributed by atoms with E-state index < -0.39 is 0 Å². The van der Waals surface area contributed by atoms with Gasteiger partial charge in [0, 0.05) is 12.1 Å². The van der Waals surface area contributed by atoms with E-state index >= 15 is 0 Å². The Morgan fingerprint density at radius 3 is 2.94 bits per heavy atom. The SMILES string of the molecule is Cc1c(O)nc2n1-c1ccc(Cl)c(Cl)c1CN2. The van der Waals surface area contributed by atoms with Gasteiger partial charge in [-0.05, 0) is 19.1 Å². The zero-order valence-electron chi connectivity index (χ0n) is 8.96. The summed E-state index contributed by atoms with van der Waals surface area (Å²) in [5.74, 6) is 0.636. The number of aromatic nitrogens is 2. The van der Waals surface area contributed by atoms with Crippen LogP contribution in [0.25, 0.3) is 5.69 Å². The molecular weight excluding hydrogens is 261 g/mol. The number of imidazole rings is 1. The van der Waals surface area contributed by atoms with Gasteiger partial charge in [-0.3, -0.25) is 4.57 Å². The molecule has 0 saturated carbocycles. The number of halogens is 2. The van der Waals surface area contributed by atoms with Crippen molar-refractivity contribution < 1.29 is 5.11 Å². The number of aromatic hydroxyl groups is 1. The lowest BCUT2D eigenvalue weighted by atomic mass is 10.1. The number of fused-ring (bicyclic) bond motifs is 3. The maximum atomic E-state index is 9.63. The van der Waals surface area contributed by atoms with E-state index in [9.17, 15) is 5.11 Å². The van der Waals surface area contributed by atoms with Crippen LogP contribution in [-0.2, 0) is 6.54 Å². The van der Waals surface area contributed by atoms with E-state index in [1.165, 1.54) is 0 Å². The molecule has 3 rings (SSSR count). The van der Waals surface area contributed by atoms with E-state index in [0.29, 0.717) is 28.2 Å². The second-order valence-electron chi connectivity index (χ2n) is 3.89. The molecule has 0 radical (unpaired) electrons.